The van der Waals surface area contributed by atoms with Gasteiger partial charge in [-0.15, -0.1) is 0 Å². The maximum absolute atomic E-state index is 13.8. The minimum absolute atomic E-state index is 0.0650. The maximum Gasteiger partial charge on any atom is 0.270 e. The number of piperazine rings is 1. The van der Waals surface area contributed by atoms with Crippen molar-refractivity contribution in [2.45, 2.75) is 45.3 Å². The zero-order chi connectivity index (χ0) is 27.5. The first kappa shape index (κ1) is 25.0. The van der Waals surface area contributed by atoms with Crippen LogP contribution in [0, 0.1) is 5.41 Å². The van der Waals surface area contributed by atoms with E-state index in [0.29, 0.717) is 30.2 Å². The Morgan fingerprint density at radius 1 is 0.923 bits per heavy atom. The molecule has 9 nitrogen and oxygen atoms in total. The molecule has 0 radical (unpaired) electrons. The minimum Gasteiger partial charge on any atom is -0.495 e. The predicted octanol–water partition coefficient (Wildman–Crippen LogP) is 3.93. The van der Waals surface area contributed by atoms with Gasteiger partial charge in [0.1, 0.15) is 23.2 Å². The SMILES string of the molecule is COc1cccc2cc(C(=O)N3C[C@@H]4C[C@H]3CN4C(=O)[C@@H](NC(=O)c3cc4ccccc4[nH]3)C(C)(C)C)[nH]c12. The molecule has 2 aromatic carbocycles. The van der Waals surface area contributed by atoms with Crippen LogP contribution >= 0.6 is 0 Å². The second kappa shape index (κ2) is 9.18. The lowest BCUT2D eigenvalue weighted by Crippen LogP contribution is -2.59. The van der Waals surface area contributed by atoms with Gasteiger partial charge in [-0.3, -0.25) is 14.4 Å². The number of aromatic amines is 2. The molecule has 0 spiro atoms. The summed E-state index contributed by atoms with van der Waals surface area (Å²) in [6.45, 7) is 6.78. The molecule has 2 saturated heterocycles. The van der Waals surface area contributed by atoms with Crippen LogP contribution in [-0.4, -0.2) is 75.8 Å². The molecule has 9 heteroatoms. The molecule has 2 aliphatic heterocycles. The number of carbonyl (C=O) groups excluding carboxylic acids is 3. The van der Waals surface area contributed by atoms with Crippen molar-refractivity contribution in [3.05, 3.63) is 66.0 Å². The van der Waals surface area contributed by atoms with Crippen LogP contribution in [0.5, 0.6) is 5.75 Å². The zero-order valence-electron chi connectivity index (χ0n) is 22.6. The highest BCUT2D eigenvalue weighted by atomic mass is 16.5. The number of nitrogens with zero attached hydrogens (tertiary/aromatic N) is 2. The number of methoxy groups -OCH3 is 1. The van der Waals surface area contributed by atoms with Gasteiger partial charge in [-0.05, 0) is 36.1 Å². The van der Waals surface area contributed by atoms with Gasteiger partial charge >= 0.3 is 0 Å². The van der Waals surface area contributed by atoms with Gasteiger partial charge in [-0.2, -0.15) is 0 Å². The van der Waals surface area contributed by atoms with E-state index in [-0.39, 0.29) is 29.8 Å². The maximum atomic E-state index is 13.8. The monoisotopic (exact) mass is 527 g/mol. The second-order valence-corrected chi connectivity index (χ2v) is 11.6. The first-order valence-electron chi connectivity index (χ1n) is 13.3. The Labute approximate surface area is 226 Å². The van der Waals surface area contributed by atoms with Gasteiger partial charge < -0.3 is 29.8 Å². The number of rotatable bonds is 5. The van der Waals surface area contributed by atoms with E-state index in [4.69, 9.17) is 4.74 Å². The van der Waals surface area contributed by atoms with Crippen LogP contribution in [0.3, 0.4) is 0 Å². The van der Waals surface area contributed by atoms with Crippen molar-refractivity contribution < 1.29 is 19.1 Å². The molecular formula is C30H33N5O4. The average Bonchev–Trinajstić information content (AvgIpc) is 3.71. The third-order valence-corrected chi connectivity index (χ3v) is 8.02. The van der Waals surface area contributed by atoms with E-state index in [1.165, 1.54) is 0 Å². The molecule has 6 rings (SSSR count). The Morgan fingerprint density at radius 3 is 2.31 bits per heavy atom. The first-order valence-corrected chi connectivity index (χ1v) is 13.3. The van der Waals surface area contributed by atoms with Crippen molar-refractivity contribution in [3.63, 3.8) is 0 Å². The molecule has 0 saturated carbocycles. The number of hydrogen-bond donors (Lipinski definition) is 3. The Balaban J connectivity index is 1.17. The molecule has 2 fully saturated rings. The van der Waals surface area contributed by atoms with Crippen LogP contribution in [0.1, 0.15) is 48.2 Å². The van der Waals surface area contributed by atoms with Crippen molar-refractivity contribution in [2.75, 3.05) is 20.2 Å². The van der Waals surface area contributed by atoms with Crippen LogP contribution in [0.4, 0.5) is 0 Å². The standard InChI is InChI=1S/C30H33N5O4/c1-30(2,3)26(33-27(36)22-12-17-8-5-6-10-21(17)31-22)29(38)35-16-19-14-20(35)15-34(19)28(37)23-13-18-9-7-11-24(39-4)25(18)32-23/h5-13,19-20,26,31-32H,14-16H2,1-4H3,(H,33,36)/t19-,20-,26+/m0/s1. The molecule has 3 amide bonds. The highest BCUT2D eigenvalue weighted by Crippen LogP contribution is 2.35. The molecule has 2 aliphatic rings. The number of hydrogen-bond acceptors (Lipinski definition) is 4. The van der Waals surface area contributed by atoms with E-state index in [2.05, 4.69) is 15.3 Å². The lowest BCUT2D eigenvalue weighted by atomic mass is 9.85. The van der Waals surface area contributed by atoms with Crippen molar-refractivity contribution in [3.8, 4) is 5.75 Å². The van der Waals surface area contributed by atoms with Crippen molar-refractivity contribution in [2.24, 2.45) is 5.41 Å². The number of benzene rings is 2. The zero-order valence-corrected chi connectivity index (χ0v) is 22.6. The van der Waals surface area contributed by atoms with Crippen LogP contribution in [0.2, 0.25) is 0 Å². The summed E-state index contributed by atoms with van der Waals surface area (Å²) in [6, 6.07) is 16.2. The number of fused-ring (bicyclic) bond motifs is 4. The Kier molecular flexibility index (Phi) is 5.89. The fraction of sp³-hybridized carbons (Fsp3) is 0.367. The molecule has 0 unspecified atom stereocenters. The van der Waals surface area contributed by atoms with E-state index in [1.807, 2.05) is 79.1 Å². The fourth-order valence-electron chi connectivity index (χ4n) is 5.97. The summed E-state index contributed by atoms with van der Waals surface area (Å²) in [5, 5.41) is 4.85. The van der Waals surface area contributed by atoms with Gasteiger partial charge in [-0.1, -0.05) is 51.1 Å². The molecule has 202 valence electrons. The van der Waals surface area contributed by atoms with E-state index in [0.717, 1.165) is 28.2 Å². The van der Waals surface area contributed by atoms with Gasteiger partial charge in [-0.25, -0.2) is 0 Å². The van der Waals surface area contributed by atoms with Crippen LogP contribution in [-0.2, 0) is 4.79 Å². The smallest absolute Gasteiger partial charge is 0.270 e. The summed E-state index contributed by atoms with van der Waals surface area (Å²) in [5.74, 6) is 0.193. The first-order chi connectivity index (χ1) is 18.6. The van der Waals surface area contributed by atoms with E-state index >= 15 is 0 Å². The lowest BCUT2D eigenvalue weighted by molar-refractivity contribution is -0.138. The van der Waals surface area contributed by atoms with Crippen LogP contribution in [0.15, 0.2) is 54.6 Å². The van der Waals surface area contributed by atoms with Gasteiger partial charge in [0, 0.05) is 29.4 Å². The largest absolute Gasteiger partial charge is 0.495 e. The molecule has 4 heterocycles. The molecule has 4 aromatic rings. The predicted molar refractivity (Wildman–Crippen MR) is 149 cm³/mol. The summed E-state index contributed by atoms with van der Waals surface area (Å²) < 4.78 is 5.42. The molecule has 3 atom stereocenters. The molecule has 0 aliphatic carbocycles. The van der Waals surface area contributed by atoms with Gasteiger partial charge in [0.05, 0.1) is 24.7 Å². The van der Waals surface area contributed by atoms with Crippen LogP contribution < -0.4 is 10.1 Å². The number of likely N-dealkylation sites (tertiary alicyclic amines) is 2. The normalized spacial score (nSPS) is 19.6. The van der Waals surface area contributed by atoms with Crippen molar-refractivity contribution in [1.82, 2.24) is 25.1 Å². The van der Waals surface area contributed by atoms with E-state index < -0.39 is 11.5 Å². The quantitative estimate of drug-likeness (QED) is 0.365. The summed E-state index contributed by atoms with van der Waals surface area (Å²) in [4.78, 5) is 50.5. The Bertz CT molecular complexity index is 1560. The molecule has 39 heavy (non-hydrogen) atoms. The third-order valence-electron chi connectivity index (χ3n) is 8.02. The summed E-state index contributed by atoms with van der Waals surface area (Å²) in [5.41, 5.74) is 2.10. The molecule has 2 aromatic heterocycles. The van der Waals surface area contributed by atoms with Gasteiger partial charge in [0.2, 0.25) is 5.91 Å². The molecule has 2 bridgehead atoms. The Morgan fingerprint density at radius 2 is 1.62 bits per heavy atom. The number of carbonyl (C=O) groups is 3. The fourth-order valence-corrected chi connectivity index (χ4v) is 5.97. The van der Waals surface area contributed by atoms with Crippen molar-refractivity contribution >= 4 is 39.5 Å². The summed E-state index contributed by atoms with van der Waals surface area (Å²) in [7, 11) is 1.61. The number of amides is 3. The van der Waals surface area contributed by atoms with Crippen molar-refractivity contribution in [1.29, 1.82) is 0 Å². The number of ether oxygens (including phenoxy) is 1. The van der Waals surface area contributed by atoms with Crippen LogP contribution in [0.25, 0.3) is 21.8 Å². The Hall–Kier alpha value is -4.27. The molecular weight excluding hydrogens is 494 g/mol. The van der Waals surface area contributed by atoms with E-state index in [9.17, 15) is 14.4 Å². The lowest BCUT2D eigenvalue weighted by Gasteiger charge is -2.39. The summed E-state index contributed by atoms with van der Waals surface area (Å²) >= 11 is 0. The summed E-state index contributed by atoms with van der Waals surface area (Å²) in [6.07, 6.45) is 0.730. The topological polar surface area (TPSA) is 111 Å². The van der Waals surface area contributed by atoms with Gasteiger partial charge in [0.25, 0.3) is 11.8 Å². The van der Waals surface area contributed by atoms with E-state index in [1.54, 1.807) is 13.2 Å². The average molecular weight is 528 g/mol. The number of para-hydroxylation sites is 2. The number of nitrogens with one attached hydrogen (secondary N) is 3. The van der Waals surface area contributed by atoms with Gasteiger partial charge in [0.15, 0.2) is 0 Å². The highest BCUT2D eigenvalue weighted by Gasteiger charge is 2.50. The number of H-pyrrole nitrogens is 2. The third kappa shape index (κ3) is 4.31. The minimum atomic E-state index is -0.707. The number of aromatic nitrogens is 2. The molecule has 3 N–H and O–H groups in total. The highest BCUT2D eigenvalue weighted by molar-refractivity contribution is 6.01. The second-order valence-electron chi connectivity index (χ2n) is 11.6.